The molecule has 5 heteroatoms. The van der Waals surface area contributed by atoms with Crippen molar-refractivity contribution >= 4 is 5.69 Å². The van der Waals surface area contributed by atoms with Gasteiger partial charge in [-0.3, -0.25) is 0 Å². The second kappa shape index (κ2) is 5.00. The Morgan fingerprint density at radius 1 is 0.944 bits per heavy atom. The van der Waals surface area contributed by atoms with Gasteiger partial charge in [0.05, 0.1) is 5.69 Å². The molecular formula is C13H10F3NO. The van der Waals surface area contributed by atoms with Crippen LogP contribution in [0.2, 0.25) is 0 Å². The molecule has 94 valence electrons. The highest BCUT2D eigenvalue weighted by Crippen LogP contribution is 2.24. The molecule has 2 aromatic rings. The summed E-state index contributed by atoms with van der Waals surface area (Å²) in [7, 11) is 0. The van der Waals surface area contributed by atoms with Gasteiger partial charge in [-0.2, -0.15) is 0 Å². The van der Waals surface area contributed by atoms with E-state index in [1.807, 2.05) is 0 Å². The van der Waals surface area contributed by atoms with E-state index in [1.54, 1.807) is 6.07 Å². The Kier molecular flexibility index (Phi) is 3.41. The average molecular weight is 253 g/mol. The molecular weight excluding hydrogens is 243 g/mol. The number of halogens is 3. The summed E-state index contributed by atoms with van der Waals surface area (Å²) >= 11 is 0. The van der Waals surface area contributed by atoms with Gasteiger partial charge in [0.2, 0.25) is 0 Å². The number of benzene rings is 2. The van der Waals surface area contributed by atoms with Crippen LogP contribution >= 0.6 is 0 Å². The maximum atomic E-state index is 13.4. The van der Waals surface area contributed by atoms with Gasteiger partial charge < -0.3 is 10.5 Å². The summed E-state index contributed by atoms with van der Waals surface area (Å²) in [5, 5.41) is 0. The van der Waals surface area contributed by atoms with E-state index in [0.29, 0.717) is 0 Å². The zero-order valence-corrected chi connectivity index (χ0v) is 9.29. The number of ether oxygens (including phenoxy) is 1. The van der Waals surface area contributed by atoms with Crippen molar-refractivity contribution in [3.8, 4) is 5.75 Å². The second-order valence-electron chi connectivity index (χ2n) is 3.68. The highest BCUT2D eigenvalue weighted by molar-refractivity contribution is 5.44. The molecule has 0 fully saturated rings. The lowest BCUT2D eigenvalue weighted by atomic mass is 10.2. The molecule has 0 spiro atoms. The van der Waals surface area contributed by atoms with Gasteiger partial charge in [0.15, 0.2) is 11.6 Å². The number of nitrogens with two attached hydrogens (primary N) is 1. The van der Waals surface area contributed by atoms with Crippen molar-refractivity contribution < 1.29 is 17.9 Å². The van der Waals surface area contributed by atoms with Crippen LogP contribution in [0.25, 0.3) is 0 Å². The first-order chi connectivity index (χ1) is 8.58. The van der Waals surface area contributed by atoms with Crippen LogP contribution in [0.5, 0.6) is 5.75 Å². The van der Waals surface area contributed by atoms with Gasteiger partial charge in [-0.1, -0.05) is 18.2 Å². The van der Waals surface area contributed by atoms with Crippen LogP contribution in [0, 0.1) is 17.5 Å². The molecule has 0 radical (unpaired) electrons. The predicted octanol–water partition coefficient (Wildman–Crippen LogP) is 3.27. The quantitative estimate of drug-likeness (QED) is 0.852. The summed E-state index contributed by atoms with van der Waals surface area (Å²) in [5.74, 6) is -2.33. The van der Waals surface area contributed by atoms with E-state index in [-0.39, 0.29) is 23.6 Å². The molecule has 0 unspecified atom stereocenters. The van der Waals surface area contributed by atoms with E-state index >= 15 is 0 Å². The molecule has 0 heterocycles. The van der Waals surface area contributed by atoms with E-state index in [1.165, 1.54) is 18.2 Å². The molecule has 0 aliphatic rings. The third-order valence-electron chi connectivity index (χ3n) is 2.39. The molecule has 0 saturated carbocycles. The summed E-state index contributed by atoms with van der Waals surface area (Å²) in [6.45, 7) is -0.188. The summed E-state index contributed by atoms with van der Waals surface area (Å²) < 4.78 is 44.8. The second-order valence-corrected chi connectivity index (χ2v) is 3.68. The first-order valence-corrected chi connectivity index (χ1v) is 5.18. The van der Waals surface area contributed by atoms with Crippen LogP contribution in [0.4, 0.5) is 18.9 Å². The zero-order chi connectivity index (χ0) is 13.1. The van der Waals surface area contributed by atoms with Gasteiger partial charge in [0.25, 0.3) is 0 Å². The average Bonchev–Trinajstić information content (AvgIpc) is 2.34. The minimum atomic E-state index is -0.787. The first-order valence-electron chi connectivity index (χ1n) is 5.18. The minimum Gasteiger partial charge on any atom is -0.486 e. The van der Waals surface area contributed by atoms with Gasteiger partial charge >= 0.3 is 0 Å². The van der Waals surface area contributed by atoms with Crippen molar-refractivity contribution in [1.82, 2.24) is 0 Å². The number of anilines is 1. The van der Waals surface area contributed by atoms with Crippen LogP contribution in [0.15, 0.2) is 36.4 Å². The van der Waals surface area contributed by atoms with E-state index in [9.17, 15) is 13.2 Å². The number of rotatable bonds is 3. The molecule has 2 N–H and O–H groups in total. The van der Waals surface area contributed by atoms with Gasteiger partial charge in [-0.05, 0) is 6.07 Å². The zero-order valence-electron chi connectivity index (χ0n) is 9.29. The van der Waals surface area contributed by atoms with Crippen LogP contribution in [0.1, 0.15) is 5.56 Å². The molecule has 0 bridgehead atoms. The minimum absolute atomic E-state index is 0.188. The maximum Gasteiger partial charge on any atom is 0.167 e. The van der Waals surface area contributed by atoms with Crippen LogP contribution in [-0.2, 0) is 6.61 Å². The van der Waals surface area contributed by atoms with Crippen LogP contribution in [-0.4, -0.2) is 0 Å². The fourth-order valence-corrected chi connectivity index (χ4v) is 1.43. The molecule has 0 saturated heterocycles. The Labute approximate surface area is 102 Å². The predicted molar refractivity (Wildman–Crippen MR) is 61.5 cm³/mol. The standard InChI is InChI=1S/C13H10F3NO/c14-9-4-2-1-3-8(9)7-18-13-6-10(15)12(17)5-11(13)16/h1-6H,7,17H2. The van der Waals surface area contributed by atoms with Crippen molar-refractivity contribution in [2.45, 2.75) is 6.61 Å². The fourth-order valence-electron chi connectivity index (χ4n) is 1.43. The van der Waals surface area contributed by atoms with Gasteiger partial charge in [0.1, 0.15) is 18.2 Å². The fraction of sp³-hybridized carbons (Fsp3) is 0.0769. The van der Waals surface area contributed by atoms with Crippen molar-refractivity contribution in [1.29, 1.82) is 0 Å². The lowest BCUT2D eigenvalue weighted by Crippen LogP contribution is -2.01. The lowest BCUT2D eigenvalue weighted by Gasteiger charge is -2.09. The number of hydrogen-bond donors (Lipinski definition) is 1. The van der Waals surface area contributed by atoms with Gasteiger partial charge in [0, 0.05) is 17.7 Å². The van der Waals surface area contributed by atoms with Gasteiger partial charge in [-0.25, -0.2) is 13.2 Å². The lowest BCUT2D eigenvalue weighted by molar-refractivity contribution is 0.283. The highest BCUT2D eigenvalue weighted by atomic mass is 19.1. The normalized spacial score (nSPS) is 10.4. The third kappa shape index (κ3) is 2.56. The van der Waals surface area contributed by atoms with Crippen LogP contribution in [0.3, 0.4) is 0 Å². The van der Waals surface area contributed by atoms with E-state index in [0.717, 1.165) is 12.1 Å². The summed E-state index contributed by atoms with van der Waals surface area (Å²) in [6.07, 6.45) is 0. The van der Waals surface area contributed by atoms with E-state index < -0.39 is 17.5 Å². The van der Waals surface area contributed by atoms with Crippen molar-refractivity contribution in [3.05, 3.63) is 59.4 Å². The molecule has 0 aromatic heterocycles. The Hall–Kier alpha value is -2.17. The first kappa shape index (κ1) is 12.3. The highest BCUT2D eigenvalue weighted by Gasteiger charge is 2.10. The Bertz CT molecular complexity index is 572. The topological polar surface area (TPSA) is 35.2 Å². The third-order valence-corrected chi connectivity index (χ3v) is 2.39. The number of nitrogen functional groups attached to an aromatic ring is 1. The molecule has 2 rings (SSSR count). The molecule has 18 heavy (non-hydrogen) atoms. The summed E-state index contributed by atoms with van der Waals surface area (Å²) in [5.41, 5.74) is 5.15. The Balaban J connectivity index is 2.16. The van der Waals surface area contributed by atoms with E-state index in [4.69, 9.17) is 10.5 Å². The summed E-state index contributed by atoms with van der Waals surface area (Å²) in [4.78, 5) is 0. The van der Waals surface area contributed by atoms with E-state index in [2.05, 4.69) is 0 Å². The Morgan fingerprint density at radius 2 is 1.67 bits per heavy atom. The molecule has 0 amide bonds. The summed E-state index contributed by atoms with van der Waals surface area (Å²) in [6, 6.07) is 7.58. The molecule has 0 atom stereocenters. The molecule has 0 aliphatic carbocycles. The van der Waals surface area contributed by atoms with Crippen molar-refractivity contribution in [2.24, 2.45) is 0 Å². The smallest absolute Gasteiger partial charge is 0.167 e. The van der Waals surface area contributed by atoms with Crippen molar-refractivity contribution in [2.75, 3.05) is 5.73 Å². The molecule has 2 nitrogen and oxygen atoms in total. The van der Waals surface area contributed by atoms with Gasteiger partial charge in [-0.15, -0.1) is 0 Å². The SMILES string of the molecule is Nc1cc(F)c(OCc2ccccc2F)cc1F. The Morgan fingerprint density at radius 3 is 2.39 bits per heavy atom. The van der Waals surface area contributed by atoms with Crippen LogP contribution < -0.4 is 10.5 Å². The molecule has 0 aliphatic heterocycles. The monoisotopic (exact) mass is 253 g/mol. The molecule has 2 aromatic carbocycles. The number of hydrogen-bond acceptors (Lipinski definition) is 2. The van der Waals surface area contributed by atoms with Crippen molar-refractivity contribution in [3.63, 3.8) is 0 Å². The maximum absolute atomic E-state index is 13.4. The largest absolute Gasteiger partial charge is 0.486 e.